The van der Waals surface area contributed by atoms with Gasteiger partial charge < -0.3 is 10.1 Å². The first-order chi connectivity index (χ1) is 9.77. The summed E-state index contributed by atoms with van der Waals surface area (Å²) < 4.78 is 5.54. The summed E-state index contributed by atoms with van der Waals surface area (Å²) in [6.45, 7) is 11.6. The zero-order chi connectivity index (χ0) is 15.7. The largest absolute Gasteiger partial charge is 0.381 e. The molecule has 1 aromatic rings. The van der Waals surface area contributed by atoms with Gasteiger partial charge in [-0.05, 0) is 30.7 Å². The van der Waals surface area contributed by atoms with Crippen molar-refractivity contribution in [2.45, 2.75) is 71.1 Å². The third-order valence-corrected chi connectivity index (χ3v) is 5.32. The van der Waals surface area contributed by atoms with E-state index in [-0.39, 0.29) is 10.8 Å². The summed E-state index contributed by atoms with van der Waals surface area (Å²) in [6.07, 6.45) is 2.66. The Hall–Kier alpha value is -0.860. The molecule has 3 unspecified atom stereocenters. The molecule has 2 rings (SSSR count). The van der Waals surface area contributed by atoms with Crippen LogP contribution in [0.1, 0.15) is 53.0 Å². The van der Waals surface area contributed by atoms with Crippen molar-refractivity contribution >= 4 is 0 Å². The molecule has 0 radical (unpaired) electrons. The van der Waals surface area contributed by atoms with Crippen LogP contribution in [0.4, 0.5) is 0 Å². The Balaban J connectivity index is 1.92. The smallest absolute Gasteiger partial charge is 0.0652 e. The van der Waals surface area contributed by atoms with Crippen molar-refractivity contribution < 1.29 is 4.74 Å². The van der Waals surface area contributed by atoms with Crippen molar-refractivity contribution in [3.8, 4) is 0 Å². The van der Waals surface area contributed by atoms with Crippen LogP contribution in [0.5, 0.6) is 0 Å². The summed E-state index contributed by atoms with van der Waals surface area (Å²) in [5.41, 5.74) is 1.85. The number of hydrogen-bond acceptors (Lipinski definition) is 2. The van der Waals surface area contributed by atoms with Crippen LogP contribution in [0, 0.1) is 5.41 Å². The molecule has 1 N–H and O–H groups in total. The molecule has 0 bridgehead atoms. The molecule has 118 valence electrons. The molecule has 1 fully saturated rings. The fraction of sp³-hybridized carbons (Fsp3) is 0.684. The molecule has 3 atom stereocenters. The lowest BCUT2D eigenvalue weighted by atomic mass is 9.64. The second-order valence-corrected chi connectivity index (χ2v) is 7.86. The minimum absolute atomic E-state index is 0.197. The number of nitrogens with one attached hydrogen (secondary N) is 1. The first-order valence-electron chi connectivity index (χ1n) is 8.11. The Morgan fingerprint density at radius 1 is 1.29 bits per heavy atom. The minimum atomic E-state index is 0.197. The molecule has 0 aromatic heterocycles. The van der Waals surface area contributed by atoms with Crippen LogP contribution in [-0.4, -0.2) is 25.3 Å². The van der Waals surface area contributed by atoms with Crippen molar-refractivity contribution in [1.82, 2.24) is 5.32 Å². The standard InChI is InChI=1S/C19H31NO/c1-14(20-16-12-17(21-6)19(16,4)5)13-18(2,3)15-10-8-7-9-11-15/h7-11,14,16-17,20H,12-13H2,1-6H3. The van der Waals surface area contributed by atoms with Crippen molar-refractivity contribution in [2.75, 3.05) is 7.11 Å². The van der Waals surface area contributed by atoms with E-state index in [0.29, 0.717) is 18.2 Å². The number of rotatable bonds is 6. The van der Waals surface area contributed by atoms with E-state index in [1.807, 2.05) is 7.11 Å². The van der Waals surface area contributed by atoms with Crippen molar-refractivity contribution in [2.24, 2.45) is 5.41 Å². The van der Waals surface area contributed by atoms with Gasteiger partial charge in [0.05, 0.1) is 6.10 Å². The quantitative estimate of drug-likeness (QED) is 0.849. The first-order valence-corrected chi connectivity index (χ1v) is 8.11. The van der Waals surface area contributed by atoms with Crippen LogP contribution in [0.25, 0.3) is 0 Å². The lowest BCUT2D eigenvalue weighted by Gasteiger charge is -2.52. The predicted octanol–water partition coefficient (Wildman–Crippen LogP) is 4.15. The first kappa shape index (κ1) is 16.5. The van der Waals surface area contributed by atoms with Gasteiger partial charge >= 0.3 is 0 Å². The van der Waals surface area contributed by atoms with Gasteiger partial charge in [-0.25, -0.2) is 0 Å². The maximum absolute atomic E-state index is 5.54. The second kappa shape index (κ2) is 6.10. The molecule has 1 aromatic carbocycles. The molecule has 0 amide bonds. The van der Waals surface area contributed by atoms with Crippen molar-refractivity contribution in [3.63, 3.8) is 0 Å². The second-order valence-electron chi connectivity index (χ2n) is 7.86. The molecular formula is C19H31NO. The van der Waals surface area contributed by atoms with E-state index in [0.717, 1.165) is 12.8 Å². The Labute approximate surface area is 130 Å². The molecule has 1 aliphatic carbocycles. The molecule has 0 saturated heterocycles. The van der Waals surface area contributed by atoms with E-state index in [1.54, 1.807) is 0 Å². The summed E-state index contributed by atoms with van der Waals surface area (Å²) >= 11 is 0. The van der Waals surface area contributed by atoms with Gasteiger partial charge in [0.15, 0.2) is 0 Å². The van der Waals surface area contributed by atoms with Crippen LogP contribution in [-0.2, 0) is 10.2 Å². The number of benzene rings is 1. The summed E-state index contributed by atoms with van der Waals surface area (Å²) in [7, 11) is 1.82. The molecule has 1 aliphatic rings. The Bertz CT molecular complexity index is 452. The third kappa shape index (κ3) is 3.49. The van der Waals surface area contributed by atoms with Gasteiger partial charge in [-0.2, -0.15) is 0 Å². The van der Waals surface area contributed by atoms with Gasteiger partial charge in [0, 0.05) is 24.6 Å². The molecule has 2 heteroatoms. The third-order valence-electron chi connectivity index (χ3n) is 5.32. The average molecular weight is 289 g/mol. The Morgan fingerprint density at radius 3 is 2.43 bits per heavy atom. The summed E-state index contributed by atoms with van der Waals surface area (Å²) in [4.78, 5) is 0. The predicted molar refractivity (Wildman–Crippen MR) is 89.7 cm³/mol. The lowest BCUT2D eigenvalue weighted by Crippen LogP contribution is -2.62. The Kier molecular flexibility index (Phi) is 4.79. The summed E-state index contributed by atoms with van der Waals surface area (Å²) in [6, 6.07) is 11.9. The van der Waals surface area contributed by atoms with Crippen molar-refractivity contribution in [3.05, 3.63) is 35.9 Å². The van der Waals surface area contributed by atoms with E-state index in [9.17, 15) is 0 Å². The monoisotopic (exact) mass is 289 g/mol. The van der Waals surface area contributed by atoms with E-state index < -0.39 is 0 Å². The maximum Gasteiger partial charge on any atom is 0.0652 e. The van der Waals surface area contributed by atoms with E-state index in [1.165, 1.54) is 5.56 Å². The highest BCUT2D eigenvalue weighted by Gasteiger charge is 2.48. The number of hydrogen-bond donors (Lipinski definition) is 1. The van der Waals surface area contributed by atoms with Crippen LogP contribution >= 0.6 is 0 Å². The van der Waals surface area contributed by atoms with Gasteiger partial charge in [-0.15, -0.1) is 0 Å². The van der Waals surface area contributed by atoms with Gasteiger partial charge in [0.2, 0.25) is 0 Å². The molecular weight excluding hydrogens is 258 g/mol. The molecule has 0 heterocycles. The number of ether oxygens (including phenoxy) is 1. The lowest BCUT2D eigenvalue weighted by molar-refractivity contribution is -0.100. The Morgan fingerprint density at radius 2 is 1.90 bits per heavy atom. The fourth-order valence-corrected chi connectivity index (χ4v) is 3.74. The van der Waals surface area contributed by atoms with Gasteiger partial charge in [0.1, 0.15) is 0 Å². The van der Waals surface area contributed by atoms with Gasteiger partial charge in [-0.1, -0.05) is 58.0 Å². The van der Waals surface area contributed by atoms with E-state index in [2.05, 4.69) is 70.3 Å². The summed E-state index contributed by atoms with van der Waals surface area (Å²) in [5, 5.41) is 3.82. The highest BCUT2D eigenvalue weighted by molar-refractivity contribution is 5.23. The van der Waals surface area contributed by atoms with Crippen LogP contribution in [0.2, 0.25) is 0 Å². The topological polar surface area (TPSA) is 21.3 Å². The molecule has 0 spiro atoms. The number of methoxy groups -OCH3 is 1. The molecule has 21 heavy (non-hydrogen) atoms. The van der Waals surface area contributed by atoms with Crippen LogP contribution < -0.4 is 5.32 Å². The van der Waals surface area contributed by atoms with E-state index in [4.69, 9.17) is 4.74 Å². The maximum atomic E-state index is 5.54. The summed E-state index contributed by atoms with van der Waals surface area (Å²) in [5.74, 6) is 0. The highest BCUT2D eigenvalue weighted by atomic mass is 16.5. The zero-order valence-corrected chi connectivity index (χ0v) is 14.4. The van der Waals surface area contributed by atoms with Gasteiger partial charge in [-0.3, -0.25) is 0 Å². The SMILES string of the molecule is COC1CC(NC(C)CC(C)(C)c2ccccc2)C1(C)C. The molecule has 0 aliphatic heterocycles. The normalized spacial score (nSPS) is 26.2. The van der Waals surface area contributed by atoms with Crippen molar-refractivity contribution in [1.29, 1.82) is 0 Å². The fourth-order valence-electron chi connectivity index (χ4n) is 3.74. The zero-order valence-electron chi connectivity index (χ0n) is 14.4. The average Bonchev–Trinajstić information content (AvgIpc) is 2.43. The van der Waals surface area contributed by atoms with Crippen LogP contribution in [0.3, 0.4) is 0 Å². The molecule has 1 saturated carbocycles. The van der Waals surface area contributed by atoms with Gasteiger partial charge in [0.25, 0.3) is 0 Å². The molecule has 2 nitrogen and oxygen atoms in total. The highest BCUT2D eigenvalue weighted by Crippen LogP contribution is 2.43. The minimum Gasteiger partial charge on any atom is -0.381 e. The van der Waals surface area contributed by atoms with Crippen LogP contribution in [0.15, 0.2) is 30.3 Å². The van der Waals surface area contributed by atoms with E-state index >= 15 is 0 Å².